The Kier molecular flexibility index (Phi) is 4.57. The number of carbonyl (C=O) groups excluding carboxylic acids is 1. The van der Waals surface area contributed by atoms with Crippen LogP contribution in [0.5, 0.6) is 0 Å². The second-order valence-corrected chi connectivity index (χ2v) is 4.47. The summed E-state index contributed by atoms with van der Waals surface area (Å²) in [5.74, 6) is -0.238. The summed E-state index contributed by atoms with van der Waals surface area (Å²) in [6.45, 7) is 3.96. The van der Waals surface area contributed by atoms with Crippen molar-refractivity contribution in [3.63, 3.8) is 0 Å². The molecule has 7 heteroatoms. The molecule has 0 saturated heterocycles. The van der Waals surface area contributed by atoms with Crippen molar-refractivity contribution in [2.24, 2.45) is 0 Å². The van der Waals surface area contributed by atoms with Gasteiger partial charge in [0.15, 0.2) is 5.69 Å². The lowest BCUT2D eigenvalue weighted by Crippen LogP contribution is -2.26. The Morgan fingerprint density at radius 3 is 2.95 bits per heavy atom. The topological polar surface area (TPSA) is 64.7 Å². The first kappa shape index (κ1) is 13.6. The van der Waals surface area contributed by atoms with Crippen molar-refractivity contribution in [2.75, 3.05) is 6.54 Å². The third-order valence-corrected chi connectivity index (χ3v) is 2.94. The molecule has 2 heterocycles. The molecule has 0 unspecified atom stereocenters. The number of aromatic nitrogens is 4. The molecule has 102 valence electrons. The van der Waals surface area contributed by atoms with E-state index in [2.05, 4.69) is 15.5 Å². The van der Waals surface area contributed by atoms with E-state index in [1.165, 1.54) is 0 Å². The van der Waals surface area contributed by atoms with Crippen LogP contribution < -0.4 is 5.32 Å². The largest absolute Gasteiger partial charge is 0.351 e. The zero-order valence-electron chi connectivity index (χ0n) is 10.7. The summed E-state index contributed by atoms with van der Waals surface area (Å²) in [6, 6.07) is 1.87. The van der Waals surface area contributed by atoms with E-state index in [0.717, 1.165) is 13.0 Å². The van der Waals surface area contributed by atoms with Gasteiger partial charge < -0.3 is 5.32 Å². The molecule has 2 rings (SSSR count). The second kappa shape index (κ2) is 6.38. The molecule has 0 bridgehead atoms. The Morgan fingerprint density at radius 1 is 1.47 bits per heavy atom. The molecule has 0 fully saturated rings. The van der Waals surface area contributed by atoms with Gasteiger partial charge in [-0.2, -0.15) is 10.2 Å². The van der Waals surface area contributed by atoms with Gasteiger partial charge >= 0.3 is 0 Å². The van der Waals surface area contributed by atoms with Crippen LogP contribution in [0.2, 0.25) is 5.02 Å². The lowest BCUT2D eigenvalue weighted by molar-refractivity contribution is 0.0947. The number of rotatable bonds is 6. The van der Waals surface area contributed by atoms with E-state index >= 15 is 0 Å². The number of hydrogen-bond donors (Lipinski definition) is 1. The van der Waals surface area contributed by atoms with Crippen molar-refractivity contribution in [2.45, 2.75) is 26.4 Å². The first-order valence-electron chi connectivity index (χ1n) is 6.19. The molecule has 0 aliphatic rings. The van der Waals surface area contributed by atoms with Crippen molar-refractivity contribution in [3.05, 3.63) is 35.4 Å². The Labute approximate surface area is 116 Å². The Hall–Kier alpha value is -1.82. The Bertz CT molecular complexity index is 534. The summed E-state index contributed by atoms with van der Waals surface area (Å²) in [5.41, 5.74) is 0.280. The maximum absolute atomic E-state index is 11.9. The maximum Gasteiger partial charge on any atom is 0.273 e. The fourth-order valence-corrected chi connectivity index (χ4v) is 1.91. The first-order valence-corrected chi connectivity index (χ1v) is 6.57. The predicted octanol–water partition coefficient (Wildman–Crippen LogP) is 1.57. The van der Waals surface area contributed by atoms with Crippen LogP contribution in [0.25, 0.3) is 0 Å². The summed E-state index contributed by atoms with van der Waals surface area (Å²) in [7, 11) is 0. The third-order valence-electron chi connectivity index (χ3n) is 2.66. The molecule has 0 aliphatic carbocycles. The van der Waals surface area contributed by atoms with Gasteiger partial charge in [0.2, 0.25) is 0 Å². The molecule has 0 spiro atoms. The number of amides is 1. The van der Waals surface area contributed by atoms with E-state index in [1.807, 2.05) is 23.9 Å². The number of nitrogens with one attached hydrogen (secondary N) is 1. The minimum atomic E-state index is -0.238. The lowest BCUT2D eigenvalue weighted by atomic mass is 10.3. The number of hydrogen-bond acceptors (Lipinski definition) is 3. The first-order chi connectivity index (χ1) is 9.20. The second-order valence-electron chi connectivity index (χ2n) is 4.06. The van der Waals surface area contributed by atoms with Gasteiger partial charge in [-0.15, -0.1) is 0 Å². The van der Waals surface area contributed by atoms with Crippen LogP contribution in [-0.4, -0.2) is 32.0 Å². The number of aryl methyl sites for hydroxylation is 2. The Balaban J connectivity index is 1.79. The van der Waals surface area contributed by atoms with Crippen molar-refractivity contribution in [1.82, 2.24) is 24.9 Å². The van der Waals surface area contributed by atoms with Gasteiger partial charge in [0, 0.05) is 38.2 Å². The monoisotopic (exact) mass is 281 g/mol. The fraction of sp³-hybridized carbons (Fsp3) is 0.417. The van der Waals surface area contributed by atoms with E-state index in [1.54, 1.807) is 17.1 Å². The summed E-state index contributed by atoms with van der Waals surface area (Å²) in [6.07, 6.45) is 6.08. The Morgan fingerprint density at radius 2 is 2.32 bits per heavy atom. The van der Waals surface area contributed by atoms with Gasteiger partial charge in [-0.1, -0.05) is 11.6 Å². The van der Waals surface area contributed by atoms with Gasteiger partial charge in [0.05, 0.1) is 5.02 Å². The molecule has 6 nitrogen and oxygen atoms in total. The van der Waals surface area contributed by atoms with Crippen LogP contribution in [0, 0.1) is 0 Å². The molecule has 0 saturated carbocycles. The van der Waals surface area contributed by atoms with Gasteiger partial charge in [0.25, 0.3) is 5.91 Å². The minimum Gasteiger partial charge on any atom is -0.351 e. The van der Waals surface area contributed by atoms with E-state index in [0.29, 0.717) is 18.1 Å². The van der Waals surface area contributed by atoms with E-state index < -0.39 is 0 Å². The quantitative estimate of drug-likeness (QED) is 0.818. The van der Waals surface area contributed by atoms with Gasteiger partial charge in [-0.25, -0.2) is 0 Å². The molecule has 2 aromatic heterocycles. The standard InChI is InChI=1S/C12H16ClN5O/c1-2-17-9-10(13)11(16-17)12(19)14-5-3-7-18-8-4-6-15-18/h4,6,8-9H,2-3,5,7H2,1H3,(H,14,19). The highest BCUT2D eigenvalue weighted by atomic mass is 35.5. The molecule has 1 amide bonds. The van der Waals surface area contributed by atoms with Crippen LogP contribution in [0.3, 0.4) is 0 Å². The maximum atomic E-state index is 11.9. The van der Waals surface area contributed by atoms with Crippen LogP contribution in [0.1, 0.15) is 23.8 Å². The average molecular weight is 282 g/mol. The van der Waals surface area contributed by atoms with Crippen molar-refractivity contribution >= 4 is 17.5 Å². The predicted molar refractivity (Wildman–Crippen MR) is 72.1 cm³/mol. The molecule has 0 atom stereocenters. The SMILES string of the molecule is CCn1cc(Cl)c(C(=O)NCCCn2cccn2)n1. The number of nitrogens with zero attached hydrogens (tertiary/aromatic N) is 4. The van der Waals surface area contributed by atoms with Crippen LogP contribution >= 0.6 is 11.6 Å². The van der Waals surface area contributed by atoms with E-state index in [9.17, 15) is 4.79 Å². The van der Waals surface area contributed by atoms with Gasteiger partial charge in [-0.05, 0) is 19.4 Å². The van der Waals surface area contributed by atoms with Gasteiger partial charge in [0.1, 0.15) is 0 Å². The average Bonchev–Trinajstić information content (AvgIpc) is 3.03. The minimum absolute atomic E-state index is 0.238. The zero-order chi connectivity index (χ0) is 13.7. The van der Waals surface area contributed by atoms with Crippen LogP contribution in [0.15, 0.2) is 24.7 Å². The van der Waals surface area contributed by atoms with Crippen LogP contribution in [0.4, 0.5) is 0 Å². The zero-order valence-corrected chi connectivity index (χ0v) is 11.5. The normalized spacial score (nSPS) is 10.6. The smallest absolute Gasteiger partial charge is 0.273 e. The molecule has 0 aromatic carbocycles. The molecule has 2 aromatic rings. The third kappa shape index (κ3) is 3.57. The van der Waals surface area contributed by atoms with E-state index in [4.69, 9.17) is 11.6 Å². The molecule has 0 radical (unpaired) electrons. The summed E-state index contributed by atoms with van der Waals surface area (Å²) >= 11 is 5.95. The van der Waals surface area contributed by atoms with Crippen molar-refractivity contribution < 1.29 is 4.79 Å². The highest BCUT2D eigenvalue weighted by Gasteiger charge is 2.14. The van der Waals surface area contributed by atoms with Crippen molar-refractivity contribution in [3.8, 4) is 0 Å². The van der Waals surface area contributed by atoms with Gasteiger partial charge in [-0.3, -0.25) is 14.2 Å². The van der Waals surface area contributed by atoms with Crippen LogP contribution in [-0.2, 0) is 13.1 Å². The summed E-state index contributed by atoms with van der Waals surface area (Å²) < 4.78 is 3.46. The summed E-state index contributed by atoms with van der Waals surface area (Å²) in [5, 5.41) is 11.4. The summed E-state index contributed by atoms with van der Waals surface area (Å²) in [4.78, 5) is 11.9. The molecular weight excluding hydrogens is 266 g/mol. The highest BCUT2D eigenvalue weighted by molar-refractivity contribution is 6.33. The fourth-order valence-electron chi connectivity index (χ4n) is 1.67. The molecule has 1 N–H and O–H groups in total. The number of carbonyl (C=O) groups is 1. The molecule has 0 aliphatic heterocycles. The lowest BCUT2D eigenvalue weighted by Gasteiger charge is -2.04. The van der Waals surface area contributed by atoms with Crippen molar-refractivity contribution in [1.29, 1.82) is 0 Å². The molecule has 19 heavy (non-hydrogen) atoms. The number of halogens is 1. The molecular formula is C12H16ClN5O. The highest BCUT2D eigenvalue weighted by Crippen LogP contribution is 2.13. The van der Waals surface area contributed by atoms with E-state index in [-0.39, 0.29) is 11.6 Å².